The van der Waals surface area contributed by atoms with Gasteiger partial charge in [-0.15, -0.1) is 0 Å². The number of likely N-dealkylation sites (tertiary alicyclic amines) is 1. The van der Waals surface area contributed by atoms with E-state index in [1.54, 1.807) is 54.6 Å². The minimum absolute atomic E-state index is 0.0257. The van der Waals surface area contributed by atoms with Crippen LogP contribution >= 0.6 is 11.6 Å². The van der Waals surface area contributed by atoms with Crippen molar-refractivity contribution in [2.24, 2.45) is 0 Å². The van der Waals surface area contributed by atoms with E-state index in [-0.39, 0.29) is 5.57 Å². The van der Waals surface area contributed by atoms with Crippen molar-refractivity contribution in [3.8, 4) is 5.75 Å². The molecule has 1 aliphatic heterocycles. The van der Waals surface area contributed by atoms with Crippen LogP contribution in [0.4, 0.5) is 0 Å². The summed E-state index contributed by atoms with van der Waals surface area (Å²) in [4.78, 5) is 29.1. The van der Waals surface area contributed by atoms with Gasteiger partial charge < -0.3 is 19.6 Å². The lowest BCUT2D eigenvalue weighted by Crippen LogP contribution is -3.11. The number of amides is 1. The fourth-order valence-electron chi connectivity index (χ4n) is 4.21. The van der Waals surface area contributed by atoms with Gasteiger partial charge in [-0.05, 0) is 49.2 Å². The first-order valence-corrected chi connectivity index (χ1v) is 12.0. The second-order valence-corrected chi connectivity index (χ2v) is 8.65. The summed E-state index contributed by atoms with van der Waals surface area (Å²) in [6, 6.07) is 12.7. The van der Waals surface area contributed by atoms with Gasteiger partial charge in [-0.2, -0.15) is 0 Å². The second kappa shape index (κ2) is 11.9. The van der Waals surface area contributed by atoms with Crippen molar-refractivity contribution in [2.45, 2.75) is 26.3 Å². The number of benzene rings is 2. The molecule has 1 unspecified atom stereocenters. The average Bonchev–Trinajstić information content (AvgIpc) is 3.10. The molecular weight excluding hydrogens is 452 g/mol. The summed E-state index contributed by atoms with van der Waals surface area (Å²) >= 11 is 5.97. The Balaban J connectivity index is 2.00. The van der Waals surface area contributed by atoms with Gasteiger partial charge in [-0.1, -0.05) is 54.3 Å². The molecule has 1 aliphatic rings. The molecule has 0 bridgehead atoms. The highest BCUT2D eigenvalue weighted by molar-refractivity contribution is 6.46. The molecule has 0 aliphatic carbocycles. The van der Waals surface area contributed by atoms with E-state index < -0.39 is 23.5 Å². The molecule has 0 spiro atoms. The third-order valence-corrected chi connectivity index (χ3v) is 6.38. The molecule has 0 saturated carbocycles. The lowest BCUT2D eigenvalue weighted by atomic mass is 9.95. The third kappa shape index (κ3) is 5.69. The Morgan fingerprint density at radius 3 is 2.35 bits per heavy atom. The van der Waals surface area contributed by atoms with Gasteiger partial charge in [0.1, 0.15) is 12.4 Å². The molecule has 180 valence electrons. The first-order chi connectivity index (χ1) is 16.4. The lowest BCUT2D eigenvalue weighted by Gasteiger charge is -2.28. The van der Waals surface area contributed by atoms with Crippen molar-refractivity contribution in [2.75, 3.05) is 32.8 Å². The van der Waals surface area contributed by atoms with Crippen molar-refractivity contribution >= 4 is 29.1 Å². The molecule has 1 saturated heterocycles. The van der Waals surface area contributed by atoms with Gasteiger partial charge in [0.05, 0.1) is 25.7 Å². The van der Waals surface area contributed by atoms with Crippen LogP contribution in [0.2, 0.25) is 5.02 Å². The Kier molecular flexibility index (Phi) is 8.91. The predicted molar refractivity (Wildman–Crippen MR) is 131 cm³/mol. The second-order valence-electron chi connectivity index (χ2n) is 8.21. The fourth-order valence-corrected chi connectivity index (χ4v) is 4.33. The van der Waals surface area contributed by atoms with Gasteiger partial charge in [0.25, 0.3) is 5.91 Å². The summed E-state index contributed by atoms with van der Waals surface area (Å²) in [5.74, 6) is -1.19. The maximum atomic E-state index is 13.4. The minimum Gasteiger partial charge on any atom is -0.872 e. The summed E-state index contributed by atoms with van der Waals surface area (Å²) in [7, 11) is 0. The van der Waals surface area contributed by atoms with Gasteiger partial charge in [0.15, 0.2) is 0 Å². The number of quaternary nitrogens is 1. The Morgan fingerprint density at radius 2 is 1.76 bits per heavy atom. The van der Waals surface area contributed by atoms with E-state index in [2.05, 4.69) is 20.4 Å². The molecule has 3 rings (SSSR count). The van der Waals surface area contributed by atoms with Crippen LogP contribution in [0.3, 0.4) is 0 Å². The van der Waals surface area contributed by atoms with Crippen molar-refractivity contribution in [3.05, 3.63) is 82.9 Å². The van der Waals surface area contributed by atoms with Crippen LogP contribution in [0.1, 0.15) is 37.4 Å². The molecule has 6 nitrogen and oxygen atoms in total. The fraction of sp³-hybridized carbons (Fsp3) is 0.333. The molecule has 1 atom stereocenters. The zero-order chi connectivity index (χ0) is 24.7. The van der Waals surface area contributed by atoms with E-state index in [9.17, 15) is 14.7 Å². The number of carbonyl (C=O) groups is 2. The van der Waals surface area contributed by atoms with E-state index in [0.717, 1.165) is 26.1 Å². The highest BCUT2D eigenvalue weighted by Gasteiger charge is 2.44. The summed E-state index contributed by atoms with van der Waals surface area (Å²) in [5.41, 5.74) is 0.992. The number of halogens is 1. The number of hydrogen-bond acceptors (Lipinski definition) is 4. The Labute approximate surface area is 206 Å². The molecule has 1 N–H and O–H groups in total. The molecule has 0 radical (unpaired) electrons. The first kappa shape index (κ1) is 25.5. The van der Waals surface area contributed by atoms with E-state index in [1.807, 2.05) is 0 Å². The Hall–Kier alpha value is -3.09. The quantitative estimate of drug-likeness (QED) is 0.231. The largest absolute Gasteiger partial charge is 0.872 e. The maximum Gasteiger partial charge on any atom is 0.295 e. The lowest BCUT2D eigenvalue weighted by molar-refractivity contribution is -0.896. The number of nitrogens with zero attached hydrogens (tertiary/aromatic N) is 1. The Morgan fingerprint density at radius 1 is 1.12 bits per heavy atom. The molecule has 34 heavy (non-hydrogen) atoms. The third-order valence-electron chi connectivity index (χ3n) is 6.13. The van der Waals surface area contributed by atoms with E-state index >= 15 is 0 Å². The van der Waals surface area contributed by atoms with Gasteiger partial charge in [-0.3, -0.25) is 9.59 Å². The molecule has 1 heterocycles. The highest BCUT2D eigenvalue weighted by Crippen LogP contribution is 2.39. The van der Waals surface area contributed by atoms with E-state index in [0.29, 0.717) is 35.1 Å². The van der Waals surface area contributed by atoms with Crippen LogP contribution in [0, 0.1) is 0 Å². The molecule has 2 aromatic rings. The maximum absolute atomic E-state index is 13.4. The van der Waals surface area contributed by atoms with E-state index in [1.165, 1.54) is 9.80 Å². The predicted octanol–water partition coefficient (Wildman–Crippen LogP) is 2.44. The SMILES string of the molecule is C=CCOc1ccc(C2/C(=C(\[O-])c3ccc(Cl)cc3)C(=O)C(=O)N2CCC[NH+](CC)CC)cc1. The van der Waals surface area contributed by atoms with Crippen molar-refractivity contribution in [1.29, 1.82) is 0 Å². The van der Waals surface area contributed by atoms with Crippen molar-refractivity contribution in [3.63, 3.8) is 0 Å². The van der Waals surface area contributed by atoms with Crippen LogP contribution in [0.15, 0.2) is 66.8 Å². The zero-order valence-corrected chi connectivity index (χ0v) is 20.4. The normalized spacial score (nSPS) is 17.4. The molecule has 0 aromatic heterocycles. The zero-order valence-electron chi connectivity index (χ0n) is 19.7. The smallest absolute Gasteiger partial charge is 0.295 e. The van der Waals surface area contributed by atoms with Crippen LogP contribution in [0.25, 0.3) is 5.76 Å². The number of ether oxygens (including phenoxy) is 1. The van der Waals surface area contributed by atoms with Gasteiger partial charge >= 0.3 is 0 Å². The number of carbonyl (C=O) groups excluding carboxylic acids is 2. The Bertz CT molecular complexity index is 1040. The van der Waals surface area contributed by atoms with Crippen molar-refractivity contribution < 1.29 is 24.3 Å². The summed E-state index contributed by atoms with van der Waals surface area (Å²) < 4.78 is 5.56. The number of Topliss-reactive ketones (excluding diaryl/α,β-unsaturated/α-hetero) is 1. The summed E-state index contributed by atoms with van der Waals surface area (Å²) in [5, 5.41) is 13.9. The number of nitrogens with one attached hydrogen (secondary N) is 1. The van der Waals surface area contributed by atoms with Crippen LogP contribution in [-0.2, 0) is 9.59 Å². The van der Waals surface area contributed by atoms with Gasteiger partial charge in [0.2, 0.25) is 5.78 Å². The number of rotatable bonds is 11. The molecule has 1 amide bonds. The molecule has 2 aromatic carbocycles. The van der Waals surface area contributed by atoms with Crippen LogP contribution in [0.5, 0.6) is 5.75 Å². The molecule has 7 heteroatoms. The molecular formula is C27H31ClN2O4. The van der Waals surface area contributed by atoms with Crippen molar-refractivity contribution in [1.82, 2.24) is 4.90 Å². The standard InChI is InChI=1S/C27H31ClN2O4/c1-4-18-34-22-14-10-19(11-15-22)24-23(25(31)20-8-12-21(28)13-9-20)26(32)27(33)30(24)17-7-16-29(5-2)6-3/h4,8-15,24,31H,1,5-7,16-18H2,2-3H3/b25-23+. The topological polar surface area (TPSA) is 74.1 Å². The summed E-state index contributed by atoms with van der Waals surface area (Å²) in [6.45, 7) is 11.5. The van der Waals surface area contributed by atoms with E-state index in [4.69, 9.17) is 16.3 Å². The first-order valence-electron chi connectivity index (χ1n) is 11.6. The van der Waals surface area contributed by atoms with Gasteiger partial charge in [-0.25, -0.2) is 0 Å². The number of ketones is 1. The highest BCUT2D eigenvalue weighted by atomic mass is 35.5. The monoisotopic (exact) mass is 482 g/mol. The average molecular weight is 483 g/mol. The molecule has 1 fully saturated rings. The van der Waals surface area contributed by atoms with Crippen LogP contribution in [-0.4, -0.2) is 49.4 Å². The summed E-state index contributed by atoms with van der Waals surface area (Å²) in [6.07, 6.45) is 2.38. The minimum atomic E-state index is -0.747. The van der Waals surface area contributed by atoms with Crippen LogP contribution < -0.4 is 14.7 Å². The number of hydrogen-bond donors (Lipinski definition) is 1. The van der Waals surface area contributed by atoms with Gasteiger partial charge in [0, 0.05) is 23.6 Å².